The Hall–Kier alpha value is -0.390. The summed E-state index contributed by atoms with van der Waals surface area (Å²) in [6, 6.07) is 3.76. The van der Waals surface area contributed by atoms with Crippen molar-refractivity contribution in [3.63, 3.8) is 0 Å². The lowest BCUT2D eigenvalue weighted by molar-refractivity contribution is -0.0977. The SMILES string of the molecule is Clc1cc(CN2CCC(C3OCCO3)CC2)cc(Cl)n1. The second-order valence-corrected chi connectivity index (χ2v) is 6.12. The summed E-state index contributed by atoms with van der Waals surface area (Å²) in [6.07, 6.45) is 2.23. The molecule has 0 amide bonds. The van der Waals surface area contributed by atoms with Gasteiger partial charge in [-0.05, 0) is 43.6 Å². The molecule has 6 heteroatoms. The minimum Gasteiger partial charge on any atom is -0.350 e. The number of rotatable bonds is 3. The predicted octanol–water partition coefficient (Wildman–Crippen LogP) is 2.97. The highest BCUT2D eigenvalue weighted by Gasteiger charge is 2.30. The Balaban J connectivity index is 1.53. The van der Waals surface area contributed by atoms with Gasteiger partial charge >= 0.3 is 0 Å². The summed E-state index contributed by atoms with van der Waals surface area (Å²) < 4.78 is 11.2. The van der Waals surface area contributed by atoms with E-state index in [4.69, 9.17) is 32.7 Å². The molecule has 0 atom stereocenters. The molecule has 0 unspecified atom stereocenters. The highest BCUT2D eigenvalue weighted by Crippen LogP contribution is 2.27. The maximum Gasteiger partial charge on any atom is 0.160 e. The van der Waals surface area contributed by atoms with Crippen LogP contribution in [-0.4, -0.2) is 42.5 Å². The summed E-state index contributed by atoms with van der Waals surface area (Å²) in [5, 5.41) is 0.908. The van der Waals surface area contributed by atoms with E-state index in [1.54, 1.807) is 0 Å². The van der Waals surface area contributed by atoms with Crippen LogP contribution >= 0.6 is 23.2 Å². The van der Waals surface area contributed by atoms with Gasteiger partial charge in [0.1, 0.15) is 10.3 Å². The minimum atomic E-state index is 0.0157. The molecule has 110 valence electrons. The summed E-state index contributed by atoms with van der Waals surface area (Å²) >= 11 is 11.9. The molecule has 0 N–H and O–H groups in total. The smallest absolute Gasteiger partial charge is 0.160 e. The van der Waals surface area contributed by atoms with Gasteiger partial charge in [0.05, 0.1) is 13.2 Å². The van der Waals surface area contributed by atoms with Gasteiger partial charge in [-0.1, -0.05) is 23.2 Å². The van der Waals surface area contributed by atoms with E-state index in [0.717, 1.165) is 51.3 Å². The standard InChI is InChI=1S/C14H18Cl2N2O2/c15-12-7-10(8-13(16)17-12)9-18-3-1-11(2-4-18)14-19-5-6-20-14/h7-8,11,14H,1-6,9H2. The van der Waals surface area contributed by atoms with E-state index in [2.05, 4.69) is 9.88 Å². The van der Waals surface area contributed by atoms with Crippen molar-refractivity contribution >= 4 is 23.2 Å². The maximum atomic E-state index is 5.93. The first-order valence-electron chi connectivity index (χ1n) is 6.98. The van der Waals surface area contributed by atoms with E-state index in [0.29, 0.717) is 16.2 Å². The van der Waals surface area contributed by atoms with Crippen molar-refractivity contribution in [3.05, 3.63) is 28.0 Å². The normalized spacial score (nSPS) is 22.5. The first kappa shape index (κ1) is 14.5. The number of halogens is 2. The van der Waals surface area contributed by atoms with Gasteiger partial charge in [0.2, 0.25) is 0 Å². The van der Waals surface area contributed by atoms with Crippen molar-refractivity contribution in [2.45, 2.75) is 25.7 Å². The highest BCUT2D eigenvalue weighted by molar-refractivity contribution is 6.32. The number of pyridine rings is 1. The fraction of sp³-hybridized carbons (Fsp3) is 0.643. The number of likely N-dealkylation sites (tertiary alicyclic amines) is 1. The van der Waals surface area contributed by atoms with E-state index < -0.39 is 0 Å². The van der Waals surface area contributed by atoms with Crippen LogP contribution in [0.2, 0.25) is 10.3 Å². The van der Waals surface area contributed by atoms with Gasteiger partial charge in [-0.2, -0.15) is 0 Å². The molecule has 0 bridgehead atoms. The van der Waals surface area contributed by atoms with Crippen molar-refractivity contribution in [1.29, 1.82) is 0 Å². The van der Waals surface area contributed by atoms with Gasteiger partial charge in [-0.25, -0.2) is 4.98 Å². The molecule has 3 heterocycles. The van der Waals surface area contributed by atoms with Crippen LogP contribution in [0.3, 0.4) is 0 Å². The average Bonchev–Trinajstić information content (AvgIpc) is 2.92. The second kappa shape index (κ2) is 6.58. The summed E-state index contributed by atoms with van der Waals surface area (Å²) in [7, 11) is 0. The lowest BCUT2D eigenvalue weighted by Gasteiger charge is -2.33. The zero-order valence-corrected chi connectivity index (χ0v) is 12.7. The molecule has 2 saturated heterocycles. The number of ether oxygens (including phenoxy) is 2. The van der Waals surface area contributed by atoms with Crippen LogP contribution in [-0.2, 0) is 16.0 Å². The van der Waals surface area contributed by atoms with Gasteiger partial charge in [0.25, 0.3) is 0 Å². The molecule has 0 saturated carbocycles. The number of piperidine rings is 1. The third-order valence-electron chi connectivity index (χ3n) is 3.89. The molecule has 0 aliphatic carbocycles. The molecule has 3 rings (SSSR count). The molecule has 2 aliphatic heterocycles. The molecule has 0 aromatic carbocycles. The average molecular weight is 317 g/mol. The van der Waals surface area contributed by atoms with Crippen LogP contribution < -0.4 is 0 Å². The van der Waals surface area contributed by atoms with Crippen molar-refractivity contribution in [1.82, 2.24) is 9.88 Å². The molecule has 1 aromatic heterocycles. The Bertz CT molecular complexity index is 438. The van der Waals surface area contributed by atoms with E-state index in [9.17, 15) is 0 Å². The van der Waals surface area contributed by atoms with Gasteiger partial charge in [0, 0.05) is 12.5 Å². The molecule has 2 fully saturated rings. The Kier molecular flexibility index (Phi) is 4.79. The van der Waals surface area contributed by atoms with Crippen LogP contribution in [0.4, 0.5) is 0 Å². The monoisotopic (exact) mass is 316 g/mol. The summed E-state index contributed by atoms with van der Waals surface area (Å²) in [5.41, 5.74) is 1.11. The first-order valence-corrected chi connectivity index (χ1v) is 7.74. The summed E-state index contributed by atoms with van der Waals surface area (Å²) in [4.78, 5) is 6.38. The topological polar surface area (TPSA) is 34.6 Å². The molecular formula is C14H18Cl2N2O2. The lowest BCUT2D eigenvalue weighted by atomic mass is 9.96. The second-order valence-electron chi connectivity index (χ2n) is 5.34. The molecule has 4 nitrogen and oxygen atoms in total. The minimum absolute atomic E-state index is 0.0157. The fourth-order valence-corrected chi connectivity index (χ4v) is 3.40. The van der Waals surface area contributed by atoms with Crippen LogP contribution in [0.25, 0.3) is 0 Å². The fourth-order valence-electron chi connectivity index (χ4n) is 2.90. The zero-order valence-electron chi connectivity index (χ0n) is 11.2. The van der Waals surface area contributed by atoms with Crippen LogP contribution in [0.5, 0.6) is 0 Å². The van der Waals surface area contributed by atoms with Crippen LogP contribution in [0.1, 0.15) is 18.4 Å². The number of aromatic nitrogens is 1. The lowest BCUT2D eigenvalue weighted by Crippen LogP contribution is -2.37. The molecule has 0 radical (unpaired) electrons. The number of nitrogens with zero attached hydrogens (tertiary/aromatic N) is 2. The Morgan fingerprint density at radius 3 is 2.30 bits per heavy atom. The Morgan fingerprint density at radius 2 is 1.70 bits per heavy atom. The van der Waals surface area contributed by atoms with E-state index in [1.165, 1.54) is 0 Å². The molecule has 1 aromatic rings. The molecule has 2 aliphatic rings. The van der Waals surface area contributed by atoms with E-state index in [-0.39, 0.29) is 6.29 Å². The van der Waals surface area contributed by atoms with Gasteiger partial charge in [-0.15, -0.1) is 0 Å². The maximum absolute atomic E-state index is 5.93. The van der Waals surface area contributed by atoms with Crippen LogP contribution in [0, 0.1) is 5.92 Å². The van der Waals surface area contributed by atoms with Crippen molar-refractivity contribution in [3.8, 4) is 0 Å². The third-order valence-corrected chi connectivity index (χ3v) is 4.28. The van der Waals surface area contributed by atoms with Crippen molar-refractivity contribution in [2.24, 2.45) is 5.92 Å². The summed E-state index contributed by atoms with van der Waals surface area (Å²) in [5.74, 6) is 0.526. The predicted molar refractivity (Wildman–Crippen MR) is 78.0 cm³/mol. The van der Waals surface area contributed by atoms with Gasteiger partial charge in [0.15, 0.2) is 6.29 Å². The number of hydrogen-bond donors (Lipinski definition) is 0. The Labute approximate surface area is 129 Å². The van der Waals surface area contributed by atoms with Crippen molar-refractivity contribution in [2.75, 3.05) is 26.3 Å². The molecule has 0 spiro atoms. The van der Waals surface area contributed by atoms with Crippen molar-refractivity contribution < 1.29 is 9.47 Å². The van der Waals surface area contributed by atoms with Crippen LogP contribution in [0.15, 0.2) is 12.1 Å². The highest BCUT2D eigenvalue weighted by atomic mass is 35.5. The zero-order chi connectivity index (χ0) is 13.9. The Morgan fingerprint density at radius 1 is 1.10 bits per heavy atom. The summed E-state index contributed by atoms with van der Waals surface area (Å²) in [6.45, 7) is 4.43. The van der Waals surface area contributed by atoms with E-state index >= 15 is 0 Å². The third kappa shape index (κ3) is 3.62. The quantitative estimate of drug-likeness (QED) is 0.803. The number of hydrogen-bond acceptors (Lipinski definition) is 4. The molecule has 20 heavy (non-hydrogen) atoms. The van der Waals surface area contributed by atoms with Gasteiger partial charge in [-0.3, -0.25) is 4.90 Å². The van der Waals surface area contributed by atoms with Gasteiger partial charge < -0.3 is 9.47 Å². The molecular weight excluding hydrogens is 299 g/mol. The van der Waals surface area contributed by atoms with E-state index in [1.807, 2.05) is 12.1 Å². The first-order chi connectivity index (χ1) is 9.70. The largest absolute Gasteiger partial charge is 0.350 e.